The molecule has 0 amide bonds. The number of aliphatic hydroxyl groups is 1. The van der Waals surface area contributed by atoms with E-state index in [1.165, 1.54) is 6.07 Å². The number of aliphatic hydroxyl groups excluding tert-OH is 1. The molecule has 0 heterocycles. The summed E-state index contributed by atoms with van der Waals surface area (Å²) in [5, 5.41) is 10.2. The zero-order chi connectivity index (χ0) is 15.0. The third-order valence-electron chi connectivity index (χ3n) is 3.61. The first-order valence-corrected chi connectivity index (χ1v) is 8.79. The van der Waals surface area contributed by atoms with Gasteiger partial charge >= 0.3 is 0 Å². The summed E-state index contributed by atoms with van der Waals surface area (Å²) < 4.78 is 28.1. The van der Waals surface area contributed by atoms with E-state index in [9.17, 15) is 13.5 Å². The molecule has 1 aliphatic carbocycles. The summed E-state index contributed by atoms with van der Waals surface area (Å²) in [7, 11) is -3.71. The topological polar surface area (TPSA) is 66.4 Å². The van der Waals surface area contributed by atoms with Gasteiger partial charge in [0.25, 0.3) is 0 Å². The Morgan fingerprint density at radius 3 is 2.52 bits per heavy atom. The van der Waals surface area contributed by atoms with Crippen molar-refractivity contribution in [1.82, 2.24) is 4.72 Å². The van der Waals surface area contributed by atoms with Gasteiger partial charge in [-0.3, -0.25) is 0 Å². The van der Waals surface area contributed by atoms with Crippen molar-refractivity contribution in [2.24, 2.45) is 0 Å². The zero-order valence-corrected chi connectivity index (χ0v) is 13.4. The van der Waals surface area contributed by atoms with Gasteiger partial charge in [0, 0.05) is 10.9 Å². The Labute approximate surface area is 132 Å². The monoisotopic (exact) mass is 367 g/mol. The molecule has 21 heavy (non-hydrogen) atoms. The number of hydrogen-bond donors (Lipinski definition) is 2. The fraction of sp³-hybridized carbons (Fsp3) is 0.200. The lowest BCUT2D eigenvalue weighted by atomic mass is 10.1. The van der Waals surface area contributed by atoms with Gasteiger partial charge in [-0.2, -0.15) is 0 Å². The smallest absolute Gasteiger partial charge is 0.242 e. The van der Waals surface area contributed by atoms with Crippen molar-refractivity contribution < 1.29 is 13.5 Å². The van der Waals surface area contributed by atoms with Crippen LogP contribution >= 0.6 is 15.9 Å². The van der Waals surface area contributed by atoms with E-state index in [4.69, 9.17) is 0 Å². The van der Waals surface area contributed by atoms with E-state index in [2.05, 4.69) is 20.7 Å². The lowest BCUT2D eigenvalue weighted by Gasteiger charge is -2.18. The highest BCUT2D eigenvalue weighted by Gasteiger charge is 2.34. The lowest BCUT2D eigenvalue weighted by molar-refractivity contribution is 0.151. The second kappa shape index (κ2) is 5.53. The van der Waals surface area contributed by atoms with Gasteiger partial charge in [-0.15, -0.1) is 0 Å². The van der Waals surface area contributed by atoms with Crippen LogP contribution in [-0.4, -0.2) is 19.6 Å². The minimum atomic E-state index is -3.71. The van der Waals surface area contributed by atoms with Crippen molar-refractivity contribution in [1.29, 1.82) is 0 Å². The van der Waals surface area contributed by atoms with Crippen LogP contribution in [0, 0.1) is 0 Å². The molecule has 2 atom stereocenters. The van der Waals surface area contributed by atoms with Gasteiger partial charge in [0.15, 0.2) is 0 Å². The molecule has 6 heteroatoms. The van der Waals surface area contributed by atoms with E-state index in [1.807, 2.05) is 24.3 Å². The Bertz CT molecular complexity index is 776. The molecule has 0 saturated heterocycles. The van der Waals surface area contributed by atoms with Crippen molar-refractivity contribution in [3.63, 3.8) is 0 Å². The second-order valence-electron chi connectivity index (χ2n) is 5.00. The van der Waals surface area contributed by atoms with Crippen molar-refractivity contribution in [3.05, 3.63) is 64.1 Å². The standard InChI is InChI=1S/C15H14BrNO3S/c16-12-7-3-4-8-14(12)21(19,20)17-15-11-6-2-1-5-10(11)9-13(15)18/h1-8,13,15,17-18H,9H2/t13-,15-/m1/s1. The molecule has 3 rings (SSSR count). The number of benzene rings is 2. The molecular formula is C15H14BrNO3S. The summed E-state index contributed by atoms with van der Waals surface area (Å²) in [4.78, 5) is 0.168. The quantitative estimate of drug-likeness (QED) is 0.874. The van der Waals surface area contributed by atoms with Crippen molar-refractivity contribution in [2.45, 2.75) is 23.5 Å². The summed E-state index contributed by atoms with van der Waals surface area (Å²) in [6.45, 7) is 0. The fourth-order valence-electron chi connectivity index (χ4n) is 2.61. The van der Waals surface area contributed by atoms with Gasteiger partial charge in [0.05, 0.1) is 17.0 Å². The average molecular weight is 368 g/mol. The third kappa shape index (κ3) is 2.76. The first kappa shape index (κ1) is 14.7. The normalized spacial score (nSPS) is 21.2. The number of halogens is 1. The number of sulfonamides is 1. The Kier molecular flexibility index (Phi) is 3.88. The minimum absolute atomic E-state index is 0.168. The average Bonchev–Trinajstić information content (AvgIpc) is 2.75. The van der Waals surface area contributed by atoms with Gasteiger partial charge in [-0.05, 0) is 39.2 Å². The van der Waals surface area contributed by atoms with Crippen LogP contribution in [0.5, 0.6) is 0 Å². The molecule has 0 fully saturated rings. The molecule has 110 valence electrons. The van der Waals surface area contributed by atoms with Crippen LogP contribution < -0.4 is 4.72 Å². The van der Waals surface area contributed by atoms with Gasteiger partial charge in [-0.25, -0.2) is 13.1 Å². The highest BCUT2D eigenvalue weighted by Crippen LogP contribution is 2.33. The van der Waals surface area contributed by atoms with E-state index >= 15 is 0 Å². The number of fused-ring (bicyclic) bond motifs is 1. The summed E-state index contributed by atoms with van der Waals surface area (Å²) in [5.41, 5.74) is 1.81. The van der Waals surface area contributed by atoms with Gasteiger partial charge < -0.3 is 5.11 Å². The van der Waals surface area contributed by atoms with E-state index in [0.717, 1.165) is 11.1 Å². The molecule has 2 N–H and O–H groups in total. The number of nitrogens with one attached hydrogen (secondary N) is 1. The molecule has 1 aliphatic rings. The molecule has 4 nitrogen and oxygen atoms in total. The van der Waals surface area contributed by atoms with Crippen LogP contribution in [0.4, 0.5) is 0 Å². The van der Waals surface area contributed by atoms with E-state index in [-0.39, 0.29) is 4.90 Å². The maximum atomic E-state index is 12.5. The predicted molar refractivity (Wildman–Crippen MR) is 83.4 cm³/mol. The first-order valence-electron chi connectivity index (χ1n) is 6.52. The SMILES string of the molecule is O=S(=O)(N[C@@H]1c2ccccc2C[C@H]1O)c1ccccc1Br. The van der Waals surface area contributed by atoms with Gasteiger partial charge in [0.2, 0.25) is 10.0 Å². The van der Waals surface area contributed by atoms with E-state index in [0.29, 0.717) is 10.9 Å². The third-order valence-corrected chi connectivity index (χ3v) is 6.07. The van der Waals surface area contributed by atoms with Crippen LogP contribution in [0.1, 0.15) is 17.2 Å². The summed E-state index contributed by atoms with van der Waals surface area (Å²) in [6, 6.07) is 13.5. The van der Waals surface area contributed by atoms with E-state index < -0.39 is 22.2 Å². The summed E-state index contributed by atoms with van der Waals surface area (Å²) in [6.07, 6.45) is -0.293. The van der Waals surface area contributed by atoms with Crippen molar-refractivity contribution >= 4 is 26.0 Å². The minimum Gasteiger partial charge on any atom is -0.391 e. The molecule has 0 aromatic heterocycles. The van der Waals surface area contributed by atoms with Crippen LogP contribution in [-0.2, 0) is 16.4 Å². The molecular weight excluding hydrogens is 354 g/mol. The van der Waals surface area contributed by atoms with Crippen LogP contribution in [0.25, 0.3) is 0 Å². The molecule has 0 unspecified atom stereocenters. The first-order chi connectivity index (χ1) is 9.99. The highest BCUT2D eigenvalue weighted by molar-refractivity contribution is 9.10. The largest absolute Gasteiger partial charge is 0.391 e. The predicted octanol–water partition coefficient (Wildman–Crippen LogP) is 2.39. The fourth-order valence-corrected chi connectivity index (χ4v) is 4.86. The molecule has 0 spiro atoms. The molecule has 0 saturated carbocycles. The van der Waals surface area contributed by atoms with Crippen LogP contribution in [0.15, 0.2) is 57.9 Å². The molecule has 0 radical (unpaired) electrons. The molecule has 0 bridgehead atoms. The zero-order valence-electron chi connectivity index (χ0n) is 11.0. The Morgan fingerprint density at radius 2 is 1.76 bits per heavy atom. The number of hydrogen-bond acceptors (Lipinski definition) is 3. The Balaban J connectivity index is 1.95. The maximum Gasteiger partial charge on any atom is 0.242 e. The molecule has 2 aromatic rings. The van der Waals surface area contributed by atoms with Crippen LogP contribution in [0.2, 0.25) is 0 Å². The Hall–Kier alpha value is -1.21. The second-order valence-corrected chi connectivity index (χ2v) is 7.54. The molecule has 0 aliphatic heterocycles. The van der Waals surface area contributed by atoms with Gasteiger partial charge in [-0.1, -0.05) is 36.4 Å². The van der Waals surface area contributed by atoms with Crippen molar-refractivity contribution in [2.75, 3.05) is 0 Å². The van der Waals surface area contributed by atoms with Crippen molar-refractivity contribution in [3.8, 4) is 0 Å². The summed E-state index contributed by atoms with van der Waals surface area (Å²) in [5.74, 6) is 0. The highest BCUT2D eigenvalue weighted by atomic mass is 79.9. The van der Waals surface area contributed by atoms with Crippen LogP contribution in [0.3, 0.4) is 0 Å². The lowest BCUT2D eigenvalue weighted by Crippen LogP contribution is -2.34. The van der Waals surface area contributed by atoms with Gasteiger partial charge in [0.1, 0.15) is 0 Å². The number of rotatable bonds is 3. The maximum absolute atomic E-state index is 12.5. The Morgan fingerprint density at radius 1 is 1.10 bits per heavy atom. The summed E-state index contributed by atoms with van der Waals surface area (Å²) >= 11 is 3.25. The molecule has 2 aromatic carbocycles. The van der Waals surface area contributed by atoms with E-state index in [1.54, 1.807) is 18.2 Å².